The van der Waals surface area contributed by atoms with E-state index in [-0.39, 0.29) is 11.3 Å². The van der Waals surface area contributed by atoms with Crippen molar-refractivity contribution < 1.29 is 18.3 Å². The average molecular weight is 225 g/mol. The Morgan fingerprint density at radius 1 is 1.50 bits per heavy atom. The third kappa shape index (κ3) is 3.31. The van der Waals surface area contributed by atoms with Crippen LogP contribution in [0.15, 0.2) is 18.2 Å². The summed E-state index contributed by atoms with van der Waals surface area (Å²) in [6.45, 7) is -2.95. The van der Waals surface area contributed by atoms with Crippen LogP contribution >= 0.6 is 0 Å². The number of carbonyl (C=O) groups excluding carboxylic acids is 1. The summed E-state index contributed by atoms with van der Waals surface area (Å²) in [5, 5.41) is 8.74. The van der Waals surface area contributed by atoms with Crippen molar-refractivity contribution in [3.8, 4) is 11.8 Å². The summed E-state index contributed by atoms with van der Waals surface area (Å²) in [6.07, 6.45) is 1.57. The maximum atomic E-state index is 12.0. The standard InChI is InChI=1S/C11H9F2NO2/c12-11(13)16-10-4-3-8(2-1-5-15)6-9(10)7-14/h3-6,11H,1-2H2. The van der Waals surface area contributed by atoms with E-state index in [1.807, 2.05) is 0 Å². The number of halogens is 2. The summed E-state index contributed by atoms with van der Waals surface area (Å²) in [4.78, 5) is 10.2. The number of rotatable bonds is 5. The fraction of sp³-hybridized carbons (Fsp3) is 0.273. The van der Waals surface area contributed by atoms with Crippen LogP contribution in [0, 0.1) is 11.3 Å². The maximum Gasteiger partial charge on any atom is 0.387 e. The molecule has 0 fully saturated rings. The van der Waals surface area contributed by atoms with Gasteiger partial charge in [0.1, 0.15) is 18.1 Å². The molecule has 0 aliphatic carbocycles. The summed E-state index contributed by atoms with van der Waals surface area (Å²) in [5.74, 6) is -0.146. The van der Waals surface area contributed by atoms with Gasteiger partial charge in [0.05, 0.1) is 5.56 Å². The topological polar surface area (TPSA) is 50.1 Å². The highest BCUT2D eigenvalue weighted by atomic mass is 19.3. The van der Waals surface area contributed by atoms with Crippen LogP contribution in [-0.4, -0.2) is 12.9 Å². The molecule has 0 aliphatic heterocycles. The lowest BCUT2D eigenvalue weighted by Crippen LogP contribution is -2.03. The first-order valence-electron chi connectivity index (χ1n) is 4.59. The third-order valence-corrected chi connectivity index (χ3v) is 1.93. The molecule has 3 nitrogen and oxygen atoms in total. The van der Waals surface area contributed by atoms with Gasteiger partial charge in [0, 0.05) is 6.42 Å². The highest BCUT2D eigenvalue weighted by molar-refractivity contribution is 5.51. The van der Waals surface area contributed by atoms with Crippen LogP contribution in [0.25, 0.3) is 0 Å². The van der Waals surface area contributed by atoms with Crippen molar-refractivity contribution in [3.05, 3.63) is 29.3 Å². The van der Waals surface area contributed by atoms with E-state index in [9.17, 15) is 13.6 Å². The van der Waals surface area contributed by atoms with Gasteiger partial charge in [-0.2, -0.15) is 14.0 Å². The quantitative estimate of drug-likeness (QED) is 0.722. The van der Waals surface area contributed by atoms with Crippen LogP contribution in [0.1, 0.15) is 17.5 Å². The van der Waals surface area contributed by atoms with E-state index < -0.39 is 6.61 Å². The van der Waals surface area contributed by atoms with Gasteiger partial charge >= 0.3 is 6.61 Å². The minimum absolute atomic E-state index is 0.0451. The van der Waals surface area contributed by atoms with Crippen molar-refractivity contribution in [1.29, 1.82) is 5.26 Å². The van der Waals surface area contributed by atoms with E-state index >= 15 is 0 Å². The second-order valence-corrected chi connectivity index (χ2v) is 3.03. The van der Waals surface area contributed by atoms with Crippen LogP contribution < -0.4 is 4.74 Å². The van der Waals surface area contributed by atoms with Crippen molar-refractivity contribution >= 4 is 6.29 Å². The largest absolute Gasteiger partial charge is 0.433 e. The summed E-state index contributed by atoms with van der Waals surface area (Å²) in [7, 11) is 0. The normalized spacial score (nSPS) is 9.88. The van der Waals surface area contributed by atoms with E-state index in [2.05, 4.69) is 4.74 Å². The molecule has 0 bridgehead atoms. The lowest BCUT2D eigenvalue weighted by Gasteiger charge is -2.07. The minimum atomic E-state index is -2.95. The van der Waals surface area contributed by atoms with Crippen LogP contribution in [0.5, 0.6) is 5.75 Å². The van der Waals surface area contributed by atoms with Crippen LogP contribution in [0.2, 0.25) is 0 Å². The molecule has 0 aliphatic rings. The van der Waals surface area contributed by atoms with Gasteiger partial charge in [0.15, 0.2) is 0 Å². The van der Waals surface area contributed by atoms with E-state index in [0.29, 0.717) is 12.8 Å². The van der Waals surface area contributed by atoms with Gasteiger partial charge in [0.25, 0.3) is 0 Å². The Morgan fingerprint density at radius 3 is 2.81 bits per heavy atom. The molecule has 0 amide bonds. The van der Waals surface area contributed by atoms with E-state index in [1.54, 1.807) is 12.1 Å². The molecule has 0 spiro atoms. The number of nitrogens with zero attached hydrogens (tertiary/aromatic N) is 1. The van der Waals surface area contributed by atoms with Crippen molar-refractivity contribution in [2.75, 3.05) is 0 Å². The highest BCUT2D eigenvalue weighted by Crippen LogP contribution is 2.21. The van der Waals surface area contributed by atoms with Gasteiger partial charge < -0.3 is 9.53 Å². The van der Waals surface area contributed by atoms with E-state index in [1.165, 1.54) is 12.1 Å². The number of ether oxygens (including phenoxy) is 1. The van der Waals surface area contributed by atoms with Crippen LogP contribution in [-0.2, 0) is 11.2 Å². The fourth-order valence-corrected chi connectivity index (χ4v) is 1.24. The number of carbonyl (C=O) groups is 1. The molecule has 0 atom stereocenters. The molecular formula is C11H9F2NO2. The zero-order valence-corrected chi connectivity index (χ0v) is 8.32. The molecule has 0 aromatic heterocycles. The molecule has 5 heteroatoms. The Balaban J connectivity index is 2.89. The third-order valence-electron chi connectivity index (χ3n) is 1.93. The molecule has 0 N–H and O–H groups in total. The zero-order valence-electron chi connectivity index (χ0n) is 8.32. The molecule has 0 saturated heterocycles. The number of alkyl halides is 2. The van der Waals surface area contributed by atoms with Crippen molar-refractivity contribution in [2.45, 2.75) is 19.5 Å². The second-order valence-electron chi connectivity index (χ2n) is 3.03. The Bertz CT molecular complexity index is 413. The molecule has 0 unspecified atom stereocenters. The Morgan fingerprint density at radius 2 is 2.25 bits per heavy atom. The van der Waals surface area contributed by atoms with Gasteiger partial charge in [-0.05, 0) is 24.1 Å². The molecule has 0 saturated carbocycles. The molecule has 0 radical (unpaired) electrons. The number of hydrogen-bond donors (Lipinski definition) is 0. The van der Waals surface area contributed by atoms with Crippen molar-refractivity contribution in [1.82, 2.24) is 0 Å². The van der Waals surface area contributed by atoms with Gasteiger partial charge in [-0.25, -0.2) is 0 Å². The van der Waals surface area contributed by atoms with E-state index in [4.69, 9.17) is 5.26 Å². The lowest BCUT2D eigenvalue weighted by atomic mass is 10.1. The molecule has 1 aromatic rings. The Labute approximate surface area is 91.3 Å². The SMILES string of the molecule is N#Cc1cc(CCC=O)ccc1OC(F)F. The van der Waals surface area contributed by atoms with Crippen LogP contribution in [0.3, 0.4) is 0 Å². The second kappa shape index (κ2) is 5.81. The smallest absolute Gasteiger partial charge is 0.387 e. The minimum Gasteiger partial charge on any atom is -0.433 e. The highest BCUT2D eigenvalue weighted by Gasteiger charge is 2.09. The van der Waals surface area contributed by atoms with E-state index in [0.717, 1.165) is 11.8 Å². The first kappa shape index (κ1) is 12.1. The zero-order chi connectivity index (χ0) is 12.0. The van der Waals surface area contributed by atoms with Crippen molar-refractivity contribution in [3.63, 3.8) is 0 Å². The first-order chi connectivity index (χ1) is 7.67. The number of benzene rings is 1. The van der Waals surface area contributed by atoms with Gasteiger partial charge in [-0.15, -0.1) is 0 Å². The number of hydrogen-bond acceptors (Lipinski definition) is 3. The van der Waals surface area contributed by atoms with Crippen LogP contribution in [0.4, 0.5) is 8.78 Å². The molecular weight excluding hydrogens is 216 g/mol. The van der Waals surface area contributed by atoms with Gasteiger partial charge in [-0.3, -0.25) is 0 Å². The summed E-state index contributed by atoms with van der Waals surface area (Å²) >= 11 is 0. The maximum absolute atomic E-state index is 12.0. The predicted molar refractivity (Wildman–Crippen MR) is 52.2 cm³/mol. The van der Waals surface area contributed by atoms with Gasteiger partial charge in [-0.1, -0.05) is 6.07 Å². The Hall–Kier alpha value is -1.96. The molecule has 0 heterocycles. The van der Waals surface area contributed by atoms with Gasteiger partial charge in [0.2, 0.25) is 0 Å². The summed E-state index contributed by atoms with van der Waals surface area (Å²) in [6, 6.07) is 6.08. The summed E-state index contributed by atoms with van der Waals surface area (Å²) < 4.78 is 28.1. The number of nitriles is 1. The average Bonchev–Trinajstić information content (AvgIpc) is 2.27. The predicted octanol–water partition coefficient (Wildman–Crippen LogP) is 2.29. The molecule has 1 aromatic carbocycles. The first-order valence-corrected chi connectivity index (χ1v) is 4.59. The fourth-order valence-electron chi connectivity index (χ4n) is 1.24. The Kier molecular flexibility index (Phi) is 4.40. The molecule has 84 valence electrons. The lowest BCUT2D eigenvalue weighted by molar-refractivity contribution is -0.107. The summed E-state index contributed by atoms with van der Waals surface area (Å²) in [5.41, 5.74) is 0.786. The number of aryl methyl sites for hydroxylation is 1. The number of aldehydes is 1. The molecule has 1 rings (SSSR count). The molecule has 16 heavy (non-hydrogen) atoms. The van der Waals surface area contributed by atoms with Crippen molar-refractivity contribution in [2.24, 2.45) is 0 Å². The monoisotopic (exact) mass is 225 g/mol.